The van der Waals surface area contributed by atoms with Gasteiger partial charge in [-0.05, 0) is 50.0 Å². The van der Waals surface area contributed by atoms with Crippen molar-refractivity contribution in [3.05, 3.63) is 29.3 Å². The lowest BCUT2D eigenvalue weighted by molar-refractivity contribution is 0.0940. The Kier molecular flexibility index (Phi) is 7.52. The van der Waals surface area contributed by atoms with E-state index in [1.54, 1.807) is 5.38 Å². The highest BCUT2D eigenvalue weighted by Crippen LogP contribution is 2.36. The molecule has 0 bridgehead atoms. The van der Waals surface area contributed by atoms with Crippen molar-refractivity contribution in [1.29, 1.82) is 0 Å². The van der Waals surface area contributed by atoms with Crippen LogP contribution in [0.25, 0.3) is 10.6 Å². The van der Waals surface area contributed by atoms with Crippen LogP contribution in [0.4, 0.5) is 0 Å². The first-order chi connectivity index (χ1) is 11.8. The van der Waals surface area contributed by atoms with E-state index in [0.717, 1.165) is 41.6 Å². The van der Waals surface area contributed by atoms with Crippen LogP contribution in [0.15, 0.2) is 23.6 Å². The third-order valence-corrected chi connectivity index (χ3v) is 5.20. The number of hydrogen-bond donors (Lipinski definition) is 2. The molecule has 3 heterocycles. The predicted molar refractivity (Wildman–Crippen MR) is 106 cm³/mol. The molecular weight excluding hydrogens is 397 g/mol. The van der Waals surface area contributed by atoms with Crippen LogP contribution in [-0.2, 0) is 0 Å². The summed E-state index contributed by atoms with van der Waals surface area (Å²) in [5.74, 6) is 1.87. The third kappa shape index (κ3) is 4.59. The van der Waals surface area contributed by atoms with Crippen LogP contribution in [0.3, 0.4) is 0 Å². The first-order valence-corrected chi connectivity index (χ1v) is 9.02. The summed E-state index contributed by atoms with van der Waals surface area (Å²) in [6.07, 6.45) is 2.33. The number of piperidine rings is 1. The lowest BCUT2D eigenvalue weighted by Gasteiger charge is -2.22. The second-order valence-corrected chi connectivity index (χ2v) is 6.89. The Labute approximate surface area is 168 Å². The van der Waals surface area contributed by atoms with Gasteiger partial charge in [-0.25, -0.2) is 4.98 Å². The Bertz CT molecular complexity index is 751. The van der Waals surface area contributed by atoms with E-state index >= 15 is 0 Å². The molecule has 1 atom stereocenters. The number of carbonyl (C=O) groups excluding carboxylic acids is 1. The summed E-state index contributed by atoms with van der Waals surface area (Å²) in [6.45, 7) is 3.00. The number of nitrogens with zero attached hydrogens (tertiary/aromatic N) is 1. The first kappa shape index (κ1) is 20.8. The van der Waals surface area contributed by atoms with Crippen LogP contribution in [0, 0.1) is 5.92 Å². The van der Waals surface area contributed by atoms with Crippen molar-refractivity contribution in [2.75, 3.05) is 26.4 Å². The zero-order valence-corrected chi connectivity index (χ0v) is 16.5. The quantitative estimate of drug-likeness (QED) is 0.799. The van der Waals surface area contributed by atoms with Gasteiger partial charge in [0, 0.05) is 17.5 Å². The molecule has 1 aromatic carbocycles. The molecule has 9 heteroatoms. The summed E-state index contributed by atoms with van der Waals surface area (Å²) in [5, 5.41) is 8.96. The van der Waals surface area contributed by atoms with Crippen LogP contribution < -0.4 is 20.1 Å². The Morgan fingerprint density at radius 2 is 2.15 bits per heavy atom. The molecule has 0 saturated carbocycles. The fourth-order valence-corrected chi connectivity index (χ4v) is 3.76. The van der Waals surface area contributed by atoms with Crippen molar-refractivity contribution in [1.82, 2.24) is 15.6 Å². The number of rotatable bonds is 4. The second kappa shape index (κ2) is 9.41. The second-order valence-electron chi connectivity index (χ2n) is 6.03. The molecule has 4 rings (SSSR count). The van der Waals surface area contributed by atoms with E-state index in [2.05, 4.69) is 15.6 Å². The minimum Gasteiger partial charge on any atom is -0.454 e. The van der Waals surface area contributed by atoms with E-state index in [1.807, 2.05) is 18.2 Å². The highest BCUT2D eigenvalue weighted by Gasteiger charge is 2.18. The highest BCUT2D eigenvalue weighted by atomic mass is 35.5. The van der Waals surface area contributed by atoms with Crippen LogP contribution in [0.1, 0.15) is 23.3 Å². The van der Waals surface area contributed by atoms with Gasteiger partial charge in [0.15, 0.2) is 11.5 Å². The molecule has 0 aliphatic carbocycles. The summed E-state index contributed by atoms with van der Waals surface area (Å²) in [5.41, 5.74) is 1.40. The highest BCUT2D eigenvalue weighted by molar-refractivity contribution is 7.13. The van der Waals surface area contributed by atoms with Crippen molar-refractivity contribution in [2.24, 2.45) is 5.92 Å². The predicted octanol–water partition coefficient (Wildman–Crippen LogP) is 3.11. The number of carbonyl (C=O) groups is 1. The number of halogens is 2. The minimum atomic E-state index is -0.108. The molecule has 2 aromatic rings. The maximum atomic E-state index is 12.3. The van der Waals surface area contributed by atoms with Crippen molar-refractivity contribution in [3.8, 4) is 22.1 Å². The largest absolute Gasteiger partial charge is 0.454 e. The summed E-state index contributed by atoms with van der Waals surface area (Å²) in [7, 11) is 0. The molecule has 0 radical (unpaired) electrons. The van der Waals surface area contributed by atoms with Gasteiger partial charge in [0.05, 0.1) is 0 Å². The molecule has 1 fully saturated rings. The number of thiazole rings is 1. The van der Waals surface area contributed by atoms with E-state index in [4.69, 9.17) is 9.47 Å². The molecular formula is C17H21Cl2N3O3S. The molecule has 1 saturated heterocycles. The molecule has 1 unspecified atom stereocenters. The molecule has 6 nitrogen and oxygen atoms in total. The topological polar surface area (TPSA) is 72.5 Å². The lowest BCUT2D eigenvalue weighted by atomic mass is 10.00. The number of nitrogens with one attached hydrogen (secondary N) is 2. The molecule has 2 N–H and O–H groups in total. The minimum absolute atomic E-state index is 0. The van der Waals surface area contributed by atoms with Gasteiger partial charge in [-0.15, -0.1) is 36.2 Å². The number of hydrogen-bond acceptors (Lipinski definition) is 6. The van der Waals surface area contributed by atoms with Gasteiger partial charge in [0.25, 0.3) is 5.91 Å². The fourth-order valence-electron chi connectivity index (χ4n) is 2.97. The average Bonchev–Trinajstić information content (AvgIpc) is 3.29. The third-order valence-electron chi connectivity index (χ3n) is 4.31. The van der Waals surface area contributed by atoms with E-state index in [0.29, 0.717) is 18.2 Å². The van der Waals surface area contributed by atoms with Gasteiger partial charge in [-0.1, -0.05) is 0 Å². The maximum absolute atomic E-state index is 12.3. The molecule has 2 aliphatic heterocycles. The van der Waals surface area contributed by atoms with Gasteiger partial charge in [0.1, 0.15) is 10.7 Å². The number of amides is 1. The van der Waals surface area contributed by atoms with Gasteiger partial charge in [-0.2, -0.15) is 0 Å². The number of aromatic nitrogens is 1. The van der Waals surface area contributed by atoms with Gasteiger partial charge in [-0.3, -0.25) is 4.79 Å². The van der Waals surface area contributed by atoms with Crippen molar-refractivity contribution < 1.29 is 14.3 Å². The van der Waals surface area contributed by atoms with Gasteiger partial charge < -0.3 is 20.1 Å². The summed E-state index contributed by atoms with van der Waals surface area (Å²) in [4.78, 5) is 16.8. The summed E-state index contributed by atoms with van der Waals surface area (Å²) < 4.78 is 10.7. The van der Waals surface area contributed by atoms with Crippen LogP contribution in [-0.4, -0.2) is 37.3 Å². The SMILES string of the molecule is Cl.Cl.O=C(NCC1CCCNC1)c1csc(-c2ccc3c(c2)OCO3)n1. The Morgan fingerprint density at radius 1 is 1.31 bits per heavy atom. The van der Waals surface area contributed by atoms with Crippen molar-refractivity contribution in [2.45, 2.75) is 12.8 Å². The average molecular weight is 418 g/mol. The summed E-state index contributed by atoms with van der Waals surface area (Å²) in [6, 6.07) is 5.70. The standard InChI is InChI=1S/C17H19N3O3S.2ClH/c21-16(19-8-11-2-1-5-18-7-11)13-9-24-17(20-13)12-3-4-14-15(6-12)23-10-22-14;;/h3-4,6,9,11,18H,1-2,5,7-8,10H2,(H,19,21);2*1H. The van der Waals surface area contributed by atoms with Crippen molar-refractivity contribution >= 4 is 42.1 Å². The number of benzene rings is 1. The smallest absolute Gasteiger partial charge is 0.270 e. The monoisotopic (exact) mass is 417 g/mol. The van der Waals surface area contributed by atoms with Crippen LogP contribution in [0.5, 0.6) is 11.5 Å². The van der Waals surface area contributed by atoms with Gasteiger partial charge >= 0.3 is 0 Å². The maximum Gasteiger partial charge on any atom is 0.270 e. The zero-order valence-electron chi connectivity index (χ0n) is 14.0. The molecule has 26 heavy (non-hydrogen) atoms. The normalized spacial score (nSPS) is 17.8. The van der Waals surface area contributed by atoms with Gasteiger partial charge in [0.2, 0.25) is 6.79 Å². The van der Waals surface area contributed by atoms with E-state index in [1.165, 1.54) is 17.8 Å². The molecule has 142 valence electrons. The van der Waals surface area contributed by atoms with E-state index in [-0.39, 0.29) is 37.5 Å². The fraction of sp³-hybridized carbons (Fsp3) is 0.412. The zero-order chi connectivity index (χ0) is 16.4. The van der Waals surface area contributed by atoms with E-state index < -0.39 is 0 Å². The first-order valence-electron chi connectivity index (χ1n) is 8.14. The van der Waals surface area contributed by atoms with E-state index in [9.17, 15) is 4.79 Å². The molecule has 2 aliphatic rings. The van der Waals surface area contributed by atoms with Crippen molar-refractivity contribution in [3.63, 3.8) is 0 Å². The molecule has 1 amide bonds. The molecule has 0 spiro atoms. The Hall–Kier alpha value is -1.54. The summed E-state index contributed by atoms with van der Waals surface area (Å²) >= 11 is 1.46. The lowest BCUT2D eigenvalue weighted by Crippen LogP contribution is -2.38. The molecule has 1 aromatic heterocycles. The van der Waals surface area contributed by atoms with Crippen LogP contribution in [0.2, 0.25) is 0 Å². The van der Waals surface area contributed by atoms with Crippen LogP contribution >= 0.6 is 36.2 Å². The number of ether oxygens (including phenoxy) is 2. The Morgan fingerprint density at radius 3 is 2.96 bits per heavy atom. The Balaban J connectivity index is 0.00000121. The number of fused-ring (bicyclic) bond motifs is 1.